The van der Waals surface area contributed by atoms with Crippen molar-refractivity contribution >= 4 is 29.7 Å². The molecule has 4 nitrogen and oxygen atoms in total. The highest BCUT2D eigenvalue weighted by molar-refractivity contribution is 7.11. The quantitative estimate of drug-likeness (QED) is 0.827. The molecule has 16 heavy (non-hydrogen) atoms. The number of thiazole rings is 1. The predicted octanol–water partition coefficient (Wildman–Crippen LogP) is 1.23. The number of carbonyl (C=O) groups is 1. The number of carbonyl (C=O) groups excluding carboxylic acids is 1. The molecule has 2 rings (SSSR count). The zero-order valence-electron chi connectivity index (χ0n) is 9.45. The lowest BCUT2D eigenvalue weighted by molar-refractivity contribution is 0.0730. The van der Waals surface area contributed by atoms with Gasteiger partial charge < -0.3 is 10.2 Å². The van der Waals surface area contributed by atoms with E-state index in [-0.39, 0.29) is 18.3 Å². The molecule has 1 aromatic rings. The first-order valence-electron chi connectivity index (χ1n) is 5.12. The van der Waals surface area contributed by atoms with Crippen molar-refractivity contribution in [2.24, 2.45) is 0 Å². The molecule has 1 fully saturated rings. The van der Waals surface area contributed by atoms with Gasteiger partial charge in [-0.2, -0.15) is 0 Å². The average molecular weight is 262 g/mol. The molecule has 1 N–H and O–H groups in total. The highest BCUT2D eigenvalue weighted by Crippen LogP contribution is 2.18. The molecule has 0 aromatic carbocycles. The van der Waals surface area contributed by atoms with E-state index in [1.165, 1.54) is 0 Å². The van der Waals surface area contributed by atoms with Crippen molar-refractivity contribution in [3.8, 4) is 0 Å². The van der Waals surface area contributed by atoms with E-state index >= 15 is 0 Å². The smallest absolute Gasteiger partial charge is 0.273 e. The molecular weight excluding hydrogens is 246 g/mol. The van der Waals surface area contributed by atoms with E-state index in [1.54, 1.807) is 11.3 Å². The third-order valence-corrected chi connectivity index (χ3v) is 3.40. The number of halogens is 1. The highest BCUT2D eigenvalue weighted by Gasteiger charge is 2.21. The lowest BCUT2D eigenvalue weighted by Gasteiger charge is -2.26. The Hall–Kier alpha value is -0.650. The van der Waals surface area contributed by atoms with Gasteiger partial charge in [0.05, 0.1) is 5.01 Å². The minimum absolute atomic E-state index is 0. The van der Waals surface area contributed by atoms with E-state index in [0.29, 0.717) is 5.69 Å². The van der Waals surface area contributed by atoms with Gasteiger partial charge in [0.15, 0.2) is 0 Å². The first kappa shape index (κ1) is 13.4. The van der Waals surface area contributed by atoms with Crippen LogP contribution in [0.3, 0.4) is 0 Å². The summed E-state index contributed by atoms with van der Waals surface area (Å²) >= 11 is 1.59. The number of rotatable bonds is 1. The molecule has 1 aliphatic heterocycles. The average Bonchev–Trinajstić information content (AvgIpc) is 2.58. The Bertz CT molecular complexity index is 374. The van der Waals surface area contributed by atoms with Gasteiger partial charge >= 0.3 is 0 Å². The molecule has 90 valence electrons. The molecule has 0 radical (unpaired) electrons. The van der Waals surface area contributed by atoms with Gasteiger partial charge in [0.1, 0.15) is 5.69 Å². The van der Waals surface area contributed by atoms with Crippen molar-refractivity contribution in [1.29, 1.82) is 0 Å². The zero-order chi connectivity index (χ0) is 10.8. The fraction of sp³-hybridized carbons (Fsp3) is 0.600. The van der Waals surface area contributed by atoms with Crippen LogP contribution in [0.15, 0.2) is 0 Å². The van der Waals surface area contributed by atoms with Gasteiger partial charge in [-0.25, -0.2) is 4.98 Å². The van der Waals surface area contributed by atoms with Gasteiger partial charge in [0.2, 0.25) is 0 Å². The maximum Gasteiger partial charge on any atom is 0.273 e. The number of aromatic nitrogens is 1. The van der Waals surface area contributed by atoms with Crippen LogP contribution in [0, 0.1) is 13.8 Å². The lowest BCUT2D eigenvalue weighted by atomic mass is 10.3. The minimum atomic E-state index is 0. The SMILES string of the molecule is Cc1nc(C(=O)N2CCNCC2)c(C)s1.Cl. The van der Waals surface area contributed by atoms with Gasteiger partial charge in [0.25, 0.3) is 5.91 Å². The first-order chi connectivity index (χ1) is 7.18. The summed E-state index contributed by atoms with van der Waals surface area (Å²) in [5.74, 6) is 0.0818. The number of hydrogen-bond acceptors (Lipinski definition) is 4. The molecule has 0 atom stereocenters. The summed E-state index contributed by atoms with van der Waals surface area (Å²) in [5.41, 5.74) is 0.638. The number of piperazine rings is 1. The first-order valence-corrected chi connectivity index (χ1v) is 5.94. The van der Waals surface area contributed by atoms with Crippen LogP contribution in [0.2, 0.25) is 0 Å². The standard InChI is InChI=1S/C10H15N3OS.ClH/c1-7-9(12-8(2)15-7)10(14)13-5-3-11-4-6-13;/h11H,3-6H2,1-2H3;1H. The molecule has 0 saturated carbocycles. The maximum atomic E-state index is 12.1. The second kappa shape index (κ2) is 5.61. The molecule has 0 aliphatic carbocycles. The molecule has 1 amide bonds. The van der Waals surface area contributed by atoms with Crippen LogP contribution in [0.25, 0.3) is 0 Å². The number of aryl methyl sites for hydroxylation is 2. The maximum absolute atomic E-state index is 12.1. The van der Waals surface area contributed by atoms with Gasteiger partial charge in [-0.15, -0.1) is 23.7 Å². The van der Waals surface area contributed by atoms with Gasteiger partial charge in [0, 0.05) is 31.1 Å². The van der Waals surface area contributed by atoms with E-state index in [9.17, 15) is 4.79 Å². The number of hydrogen-bond donors (Lipinski definition) is 1. The Labute approximate surface area is 105 Å². The van der Waals surface area contributed by atoms with E-state index in [0.717, 1.165) is 36.1 Å². The van der Waals surface area contributed by atoms with Crippen molar-refractivity contribution in [2.75, 3.05) is 26.2 Å². The topological polar surface area (TPSA) is 45.2 Å². The van der Waals surface area contributed by atoms with Crippen LogP contribution in [-0.2, 0) is 0 Å². The largest absolute Gasteiger partial charge is 0.335 e. The van der Waals surface area contributed by atoms with Crippen molar-refractivity contribution in [3.63, 3.8) is 0 Å². The van der Waals surface area contributed by atoms with E-state index < -0.39 is 0 Å². The van der Waals surface area contributed by atoms with Crippen LogP contribution >= 0.6 is 23.7 Å². The molecule has 0 spiro atoms. The Morgan fingerprint density at radius 1 is 1.38 bits per heavy atom. The summed E-state index contributed by atoms with van der Waals surface area (Å²) in [4.78, 5) is 19.3. The molecular formula is C10H16ClN3OS. The van der Waals surface area contributed by atoms with Crippen molar-refractivity contribution < 1.29 is 4.79 Å². The van der Waals surface area contributed by atoms with Crippen LogP contribution in [-0.4, -0.2) is 42.0 Å². The molecule has 1 aliphatic rings. The Kier molecular flexibility index (Phi) is 4.70. The number of amides is 1. The number of nitrogens with zero attached hydrogens (tertiary/aromatic N) is 2. The Balaban J connectivity index is 0.00000128. The summed E-state index contributed by atoms with van der Waals surface area (Å²) in [6.45, 7) is 7.23. The van der Waals surface area contributed by atoms with Gasteiger partial charge in [-0.05, 0) is 13.8 Å². The third kappa shape index (κ3) is 2.72. The summed E-state index contributed by atoms with van der Waals surface area (Å²) in [6.07, 6.45) is 0. The monoisotopic (exact) mass is 261 g/mol. The summed E-state index contributed by atoms with van der Waals surface area (Å²) < 4.78 is 0. The summed E-state index contributed by atoms with van der Waals surface area (Å²) in [6, 6.07) is 0. The molecule has 0 unspecified atom stereocenters. The number of nitrogens with one attached hydrogen (secondary N) is 1. The van der Waals surface area contributed by atoms with E-state index in [1.807, 2.05) is 18.7 Å². The fourth-order valence-electron chi connectivity index (χ4n) is 1.74. The minimum Gasteiger partial charge on any atom is -0.335 e. The zero-order valence-corrected chi connectivity index (χ0v) is 11.1. The van der Waals surface area contributed by atoms with Gasteiger partial charge in [-0.1, -0.05) is 0 Å². The van der Waals surface area contributed by atoms with Crippen molar-refractivity contribution in [3.05, 3.63) is 15.6 Å². The highest BCUT2D eigenvalue weighted by atomic mass is 35.5. The fourth-order valence-corrected chi connectivity index (χ4v) is 2.55. The Morgan fingerprint density at radius 2 is 2.00 bits per heavy atom. The normalized spacial score (nSPS) is 15.8. The molecule has 6 heteroatoms. The van der Waals surface area contributed by atoms with E-state index in [4.69, 9.17) is 0 Å². The Morgan fingerprint density at radius 3 is 2.50 bits per heavy atom. The second-order valence-electron chi connectivity index (χ2n) is 3.68. The lowest BCUT2D eigenvalue weighted by Crippen LogP contribution is -2.46. The van der Waals surface area contributed by atoms with Crippen molar-refractivity contribution in [1.82, 2.24) is 15.2 Å². The van der Waals surface area contributed by atoms with Gasteiger partial charge in [-0.3, -0.25) is 4.79 Å². The molecule has 2 heterocycles. The van der Waals surface area contributed by atoms with Crippen LogP contribution in [0.4, 0.5) is 0 Å². The van der Waals surface area contributed by atoms with Crippen LogP contribution in [0.5, 0.6) is 0 Å². The predicted molar refractivity (Wildman–Crippen MR) is 67.6 cm³/mol. The van der Waals surface area contributed by atoms with Crippen LogP contribution in [0.1, 0.15) is 20.4 Å². The molecule has 0 bridgehead atoms. The third-order valence-electron chi connectivity index (χ3n) is 2.51. The summed E-state index contributed by atoms with van der Waals surface area (Å²) in [7, 11) is 0. The van der Waals surface area contributed by atoms with Crippen LogP contribution < -0.4 is 5.32 Å². The second-order valence-corrected chi connectivity index (χ2v) is 5.09. The van der Waals surface area contributed by atoms with E-state index in [2.05, 4.69) is 10.3 Å². The molecule has 1 aromatic heterocycles. The van der Waals surface area contributed by atoms with Crippen molar-refractivity contribution in [2.45, 2.75) is 13.8 Å². The molecule has 1 saturated heterocycles. The summed E-state index contributed by atoms with van der Waals surface area (Å²) in [5, 5.41) is 4.19.